The number of rotatable bonds is 3. The molecule has 2 fully saturated rings. The van der Waals surface area contributed by atoms with Crippen LogP contribution < -0.4 is 5.73 Å². The molecule has 3 heteroatoms. The molecular formula is C18H22N2O. The zero-order valence-corrected chi connectivity index (χ0v) is 12.7. The van der Waals surface area contributed by atoms with Crippen LogP contribution >= 0.6 is 0 Å². The molecule has 2 N–H and O–H groups in total. The van der Waals surface area contributed by atoms with Crippen LogP contribution in [-0.4, -0.2) is 5.16 Å². The Morgan fingerprint density at radius 2 is 1.81 bits per heavy atom. The van der Waals surface area contributed by atoms with Gasteiger partial charge in [-0.05, 0) is 41.7 Å². The van der Waals surface area contributed by atoms with E-state index in [9.17, 15) is 0 Å². The van der Waals surface area contributed by atoms with Crippen molar-refractivity contribution >= 4 is 5.82 Å². The minimum absolute atomic E-state index is 0.535. The van der Waals surface area contributed by atoms with Gasteiger partial charge in [0.05, 0.1) is 5.56 Å². The normalized spacial score (nSPS) is 27.1. The highest BCUT2D eigenvalue weighted by Gasteiger charge is 2.56. The van der Waals surface area contributed by atoms with Crippen molar-refractivity contribution in [2.24, 2.45) is 11.8 Å². The van der Waals surface area contributed by atoms with Crippen molar-refractivity contribution in [3.63, 3.8) is 0 Å². The quantitative estimate of drug-likeness (QED) is 0.897. The van der Waals surface area contributed by atoms with Crippen LogP contribution in [0.3, 0.4) is 0 Å². The Kier molecular flexibility index (Phi) is 2.84. The van der Waals surface area contributed by atoms with Crippen molar-refractivity contribution in [3.05, 3.63) is 35.6 Å². The number of fused-ring (bicyclic) bond motifs is 1. The van der Waals surface area contributed by atoms with E-state index in [1.165, 1.54) is 24.8 Å². The minimum Gasteiger partial charge on any atom is -0.380 e. The van der Waals surface area contributed by atoms with E-state index in [2.05, 4.69) is 43.3 Å². The van der Waals surface area contributed by atoms with E-state index in [4.69, 9.17) is 10.3 Å². The van der Waals surface area contributed by atoms with Crippen LogP contribution in [0.5, 0.6) is 0 Å². The molecule has 4 rings (SSSR count). The maximum Gasteiger partial charge on any atom is 0.175 e. The van der Waals surface area contributed by atoms with Gasteiger partial charge in [0.1, 0.15) is 5.76 Å². The first-order valence-corrected chi connectivity index (χ1v) is 8.02. The van der Waals surface area contributed by atoms with Crippen LogP contribution in [0, 0.1) is 11.8 Å². The maximum absolute atomic E-state index is 6.08. The molecule has 21 heavy (non-hydrogen) atoms. The minimum atomic E-state index is 0.535. The smallest absolute Gasteiger partial charge is 0.175 e. The second kappa shape index (κ2) is 4.62. The van der Waals surface area contributed by atoms with Crippen LogP contribution in [0.25, 0.3) is 11.1 Å². The monoisotopic (exact) mass is 282 g/mol. The van der Waals surface area contributed by atoms with E-state index >= 15 is 0 Å². The number of benzene rings is 1. The summed E-state index contributed by atoms with van der Waals surface area (Å²) in [5.74, 6) is 4.29. The fourth-order valence-electron chi connectivity index (χ4n) is 4.08. The summed E-state index contributed by atoms with van der Waals surface area (Å²) in [6.45, 7) is 4.42. The lowest BCUT2D eigenvalue weighted by molar-refractivity contribution is 0.376. The summed E-state index contributed by atoms with van der Waals surface area (Å²) in [7, 11) is 0. The van der Waals surface area contributed by atoms with Gasteiger partial charge in [0, 0.05) is 5.92 Å². The summed E-state index contributed by atoms with van der Waals surface area (Å²) in [5, 5.41) is 4.04. The Morgan fingerprint density at radius 3 is 2.43 bits per heavy atom. The highest BCUT2D eigenvalue weighted by Crippen LogP contribution is 2.64. The Balaban J connectivity index is 1.70. The van der Waals surface area contributed by atoms with Crippen LogP contribution in [0.1, 0.15) is 56.3 Å². The molecule has 3 nitrogen and oxygen atoms in total. The SMILES string of the molecule is CC(C)c1ccc(-c2c(N)noc2C2C3CCCC32)cc1. The van der Waals surface area contributed by atoms with Crippen LogP contribution in [0.4, 0.5) is 5.82 Å². The van der Waals surface area contributed by atoms with Crippen molar-refractivity contribution in [2.45, 2.75) is 44.9 Å². The van der Waals surface area contributed by atoms with E-state index in [1.54, 1.807) is 0 Å². The van der Waals surface area contributed by atoms with Crippen molar-refractivity contribution < 1.29 is 4.52 Å². The molecule has 0 amide bonds. The van der Waals surface area contributed by atoms with E-state index in [-0.39, 0.29) is 0 Å². The van der Waals surface area contributed by atoms with Crippen LogP contribution in [-0.2, 0) is 0 Å². The third-order valence-electron chi connectivity index (χ3n) is 5.32. The number of hydrogen-bond acceptors (Lipinski definition) is 3. The molecule has 1 aromatic carbocycles. The standard InChI is InChI=1S/C18H22N2O/c1-10(2)11-6-8-12(9-7-11)15-17(21-20-18(15)19)16-13-4-3-5-14(13)16/h6-10,13-14,16H,3-5H2,1-2H3,(H2,19,20). The molecule has 0 aliphatic heterocycles. The Morgan fingerprint density at radius 1 is 1.14 bits per heavy atom. The zero-order chi connectivity index (χ0) is 14.6. The first-order valence-electron chi connectivity index (χ1n) is 8.02. The largest absolute Gasteiger partial charge is 0.380 e. The van der Waals surface area contributed by atoms with E-state index in [1.807, 2.05) is 0 Å². The van der Waals surface area contributed by atoms with Gasteiger partial charge >= 0.3 is 0 Å². The van der Waals surface area contributed by atoms with Crippen molar-refractivity contribution in [2.75, 3.05) is 5.73 Å². The molecule has 2 unspecified atom stereocenters. The first kappa shape index (κ1) is 12.9. The lowest BCUT2D eigenvalue weighted by atomic mass is 9.96. The second-order valence-electron chi connectivity index (χ2n) is 6.87. The third kappa shape index (κ3) is 1.98. The van der Waals surface area contributed by atoms with Gasteiger partial charge in [-0.3, -0.25) is 0 Å². The van der Waals surface area contributed by atoms with E-state index < -0.39 is 0 Å². The number of hydrogen-bond donors (Lipinski definition) is 1. The molecule has 2 aliphatic rings. The molecule has 0 bridgehead atoms. The van der Waals surface area contributed by atoms with E-state index in [0.29, 0.717) is 17.7 Å². The number of anilines is 1. The average molecular weight is 282 g/mol. The Bertz CT molecular complexity index is 646. The highest BCUT2D eigenvalue weighted by molar-refractivity contribution is 5.76. The van der Waals surface area contributed by atoms with Gasteiger partial charge in [0.25, 0.3) is 0 Å². The van der Waals surface area contributed by atoms with Crippen molar-refractivity contribution in [1.29, 1.82) is 0 Å². The molecule has 2 aromatic rings. The van der Waals surface area contributed by atoms with Crippen LogP contribution in [0.2, 0.25) is 0 Å². The number of aromatic nitrogens is 1. The summed E-state index contributed by atoms with van der Waals surface area (Å²) in [6, 6.07) is 8.67. The molecule has 1 heterocycles. The van der Waals surface area contributed by atoms with Crippen molar-refractivity contribution in [3.8, 4) is 11.1 Å². The summed E-state index contributed by atoms with van der Waals surface area (Å²) in [4.78, 5) is 0. The fraction of sp³-hybridized carbons (Fsp3) is 0.500. The molecule has 110 valence electrons. The molecule has 0 saturated heterocycles. The average Bonchev–Trinajstić information content (AvgIpc) is 2.85. The third-order valence-corrected chi connectivity index (χ3v) is 5.32. The summed E-state index contributed by atoms with van der Waals surface area (Å²) < 4.78 is 5.61. The van der Waals surface area contributed by atoms with Gasteiger partial charge in [0.15, 0.2) is 5.82 Å². The summed E-state index contributed by atoms with van der Waals surface area (Å²) >= 11 is 0. The molecule has 2 aliphatic carbocycles. The number of nitrogens with zero attached hydrogens (tertiary/aromatic N) is 1. The molecule has 0 spiro atoms. The molecule has 1 aromatic heterocycles. The lowest BCUT2D eigenvalue weighted by Gasteiger charge is -2.08. The highest BCUT2D eigenvalue weighted by atomic mass is 16.5. The maximum atomic E-state index is 6.08. The molecule has 2 atom stereocenters. The Labute approximate surface area is 125 Å². The Hall–Kier alpha value is -1.77. The lowest BCUT2D eigenvalue weighted by Crippen LogP contribution is -1.93. The first-order chi connectivity index (χ1) is 10.2. The predicted octanol–water partition coefficient (Wildman–Crippen LogP) is 4.56. The van der Waals surface area contributed by atoms with Gasteiger partial charge in [-0.25, -0.2) is 0 Å². The predicted molar refractivity (Wildman–Crippen MR) is 84.0 cm³/mol. The second-order valence-corrected chi connectivity index (χ2v) is 6.87. The zero-order valence-electron chi connectivity index (χ0n) is 12.7. The van der Waals surface area contributed by atoms with Gasteiger partial charge in [-0.15, -0.1) is 0 Å². The van der Waals surface area contributed by atoms with Gasteiger partial charge < -0.3 is 10.3 Å². The van der Waals surface area contributed by atoms with Gasteiger partial charge in [-0.2, -0.15) is 0 Å². The summed E-state index contributed by atoms with van der Waals surface area (Å²) in [5.41, 5.74) is 9.60. The fourth-order valence-corrected chi connectivity index (χ4v) is 4.08. The topological polar surface area (TPSA) is 52.0 Å². The molecular weight excluding hydrogens is 260 g/mol. The van der Waals surface area contributed by atoms with E-state index in [0.717, 1.165) is 28.7 Å². The van der Waals surface area contributed by atoms with Crippen molar-refractivity contribution in [1.82, 2.24) is 5.16 Å². The molecule has 2 saturated carbocycles. The number of nitrogen functional groups attached to an aromatic ring is 1. The number of nitrogens with two attached hydrogens (primary N) is 1. The van der Waals surface area contributed by atoms with Gasteiger partial charge in [0.2, 0.25) is 0 Å². The summed E-state index contributed by atoms with van der Waals surface area (Å²) in [6.07, 6.45) is 4.04. The molecule has 0 radical (unpaired) electrons. The van der Waals surface area contributed by atoms with Crippen LogP contribution in [0.15, 0.2) is 28.8 Å². The van der Waals surface area contributed by atoms with Gasteiger partial charge in [-0.1, -0.05) is 49.7 Å².